The molecular weight excluding hydrogens is 410 g/mol. The van der Waals surface area contributed by atoms with Crippen LogP contribution in [0.1, 0.15) is 75.9 Å². The van der Waals surface area contributed by atoms with E-state index >= 15 is 0 Å². The van der Waals surface area contributed by atoms with E-state index < -0.39 is 11.3 Å². The van der Waals surface area contributed by atoms with Crippen molar-refractivity contribution < 1.29 is 13.6 Å². The maximum absolute atomic E-state index is 13.0. The summed E-state index contributed by atoms with van der Waals surface area (Å²) in [5.41, 5.74) is 4.32. The second kappa shape index (κ2) is 8.71. The molecule has 4 atom stereocenters. The van der Waals surface area contributed by atoms with Crippen molar-refractivity contribution >= 4 is 22.9 Å². The summed E-state index contributed by atoms with van der Waals surface area (Å²) in [7, 11) is 0. The molecular formula is C24H32N3O3S-. The summed E-state index contributed by atoms with van der Waals surface area (Å²) in [4.78, 5) is 17.7. The van der Waals surface area contributed by atoms with Gasteiger partial charge < -0.3 is 14.6 Å². The molecule has 0 saturated heterocycles. The van der Waals surface area contributed by atoms with Crippen molar-refractivity contribution in [2.45, 2.75) is 71.3 Å². The van der Waals surface area contributed by atoms with Gasteiger partial charge in [-0.3, -0.25) is 14.0 Å². The molecule has 0 radical (unpaired) electrons. The number of rotatable bonds is 7. The Morgan fingerprint density at radius 3 is 2.55 bits per heavy atom. The monoisotopic (exact) mass is 442 g/mol. The summed E-state index contributed by atoms with van der Waals surface area (Å²) in [6.07, 6.45) is 3.66. The molecule has 1 amide bonds. The minimum Gasteiger partial charge on any atom is -0.755 e. The third-order valence-electron chi connectivity index (χ3n) is 6.43. The molecule has 2 N–H and O–H groups in total. The van der Waals surface area contributed by atoms with E-state index in [1.807, 2.05) is 32.2 Å². The van der Waals surface area contributed by atoms with Gasteiger partial charge in [0.25, 0.3) is 0 Å². The van der Waals surface area contributed by atoms with Crippen molar-refractivity contribution in [2.75, 3.05) is 4.72 Å². The molecule has 31 heavy (non-hydrogen) atoms. The van der Waals surface area contributed by atoms with E-state index in [4.69, 9.17) is 0 Å². The number of nitrogens with zero attached hydrogens (tertiary/aromatic N) is 1. The highest BCUT2D eigenvalue weighted by molar-refractivity contribution is 7.80. The van der Waals surface area contributed by atoms with Gasteiger partial charge in [-0.1, -0.05) is 45.9 Å². The summed E-state index contributed by atoms with van der Waals surface area (Å²) < 4.78 is 24.1. The van der Waals surface area contributed by atoms with Crippen LogP contribution in [0.2, 0.25) is 0 Å². The van der Waals surface area contributed by atoms with Crippen molar-refractivity contribution in [2.24, 2.45) is 5.92 Å². The second-order valence-corrected chi connectivity index (χ2v) is 10.3. The lowest BCUT2D eigenvalue weighted by molar-refractivity contribution is -0.123. The van der Waals surface area contributed by atoms with E-state index in [-0.39, 0.29) is 28.7 Å². The van der Waals surface area contributed by atoms with E-state index in [2.05, 4.69) is 54.9 Å². The van der Waals surface area contributed by atoms with Gasteiger partial charge in [-0.15, -0.1) is 0 Å². The lowest BCUT2D eigenvalue weighted by atomic mass is 9.88. The number of carbonyl (C=O) groups is 1. The molecule has 1 heterocycles. The largest absolute Gasteiger partial charge is 0.755 e. The molecule has 1 aliphatic carbocycles. The van der Waals surface area contributed by atoms with E-state index in [1.165, 1.54) is 0 Å². The fourth-order valence-corrected chi connectivity index (χ4v) is 4.66. The number of aromatic nitrogens is 1. The maximum Gasteiger partial charge on any atom is 0.224 e. The normalized spacial score (nSPS) is 22.5. The van der Waals surface area contributed by atoms with Crippen LogP contribution < -0.4 is 10.0 Å². The number of hydrogen-bond acceptors (Lipinski definition) is 4. The number of amides is 1. The highest BCUT2D eigenvalue weighted by atomic mass is 32.2. The second-order valence-electron chi connectivity index (χ2n) is 9.59. The third kappa shape index (κ3) is 4.99. The van der Waals surface area contributed by atoms with Crippen LogP contribution in [-0.4, -0.2) is 19.7 Å². The van der Waals surface area contributed by atoms with Gasteiger partial charge in [-0.25, -0.2) is 0 Å². The van der Waals surface area contributed by atoms with Gasteiger partial charge in [0, 0.05) is 45.6 Å². The average Bonchev–Trinajstić information content (AvgIpc) is 3.45. The Balaban J connectivity index is 1.69. The zero-order chi connectivity index (χ0) is 23.0. The minimum absolute atomic E-state index is 0.000402. The van der Waals surface area contributed by atoms with Gasteiger partial charge in [0.05, 0.1) is 6.04 Å². The molecule has 6 nitrogen and oxygen atoms in total. The lowest BCUT2D eigenvalue weighted by Gasteiger charge is -2.21. The Kier molecular flexibility index (Phi) is 6.58. The number of anilines is 1. The van der Waals surface area contributed by atoms with E-state index in [0.29, 0.717) is 5.69 Å². The molecule has 1 fully saturated rings. The van der Waals surface area contributed by atoms with Crippen LogP contribution in [0.4, 0.5) is 5.69 Å². The van der Waals surface area contributed by atoms with E-state index in [9.17, 15) is 13.6 Å². The number of aryl methyl sites for hydroxylation is 1. The zero-order valence-electron chi connectivity index (χ0n) is 19.1. The summed E-state index contributed by atoms with van der Waals surface area (Å²) in [5, 5.41) is 3.14. The molecule has 1 saturated carbocycles. The summed E-state index contributed by atoms with van der Waals surface area (Å²) in [6.45, 7) is 12.3. The Bertz CT molecular complexity index is 985. The Morgan fingerprint density at radius 1 is 1.32 bits per heavy atom. The van der Waals surface area contributed by atoms with Crippen molar-refractivity contribution in [3.05, 3.63) is 58.9 Å². The number of hydrogen-bond donors (Lipinski definition) is 2. The number of pyridine rings is 1. The Hall–Kier alpha value is -2.25. The zero-order valence-corrected chi connectivity index (χ0v) is 19.9. The number of nitrogens with one attached hydrogen (secondary N) is 2. The molecule has 1 aromatic heterocycles. The minimum atomic E-state index is -2.36. The molecule has 0 aliphatic heterocycles. The standard InChI is InChI=1S/C24H33N3O3S/c1-7-24(18-9-11-21(25-14-18)23(4,5)6)13-19(24)22(28)26-16(3)17-8-10-20(15(2)12-17)27-31(29)30/h8-12,14,16,19,27H,7,13H2,1-6H3,(H,26,28)(H,29,30)/p-1. The van der Waals surface area contributed by atoms with Crippen LogP contribution in [0, 0.1) is 12.8 Å². The predicted octanol–water partition coefficient (Wildman–Crippen LogP) is 4.44. The molecule has 1 aromatic carbocycles. The Labute approximate surface area is 187 Å². The van der Waals surface area contributed by atoms with E-state index in [1.54, 1.807) is 6.07 Å². The quantitative estimate of drug-likeness (QED) is 0.620. The van der Waals surface area contributed by atoms with Gasteiger partial charge in [-0.05, 0) is 55.5 Å². The van der Waals surface area contributed by atoms with Crippen molar-refractivity contribution in [3.8, 4) is 0 Å². The Morgan fingerprint density at radius 2 is 2.03 bits per heavy atom. The lowest BCUT2D eigenvalue weighted by Crippen LogP contribution is -2.31. The first kappa shape index (κ1) is 23.4. The summed E-state index contributed by atoms with van der Waals surface area (Å²) in [5.74, 6) is -0.0121. The smallest absolute Gasteiger partial charge is 0.224 e. The van der Waals surface area contributed by atoms with Crippen molar-refractivity contribution in [3.63, 3.8) is 0 Å². The number of benzene rings is 1. The first-order chi connectivity index (χ1) is 14.5. The van der Waals surface area contributed by atoms with E-state index in [0.717, 1.165) is 35.2 Å². The fraction of sp³-hybridized carbons (Fsp3) is 0.500. The van der Waals surface area contributed by atoms with Crippen LogP contribution in [-0.2, 0) is 26.9 Å². The first-order valence-corrected chi connectivity index (χ1v) is 11.8. The van der Waals surface area contributed by atoms with Crippen LogP contribution in [0.5, 0.6) is 0 Å². The molecule has 3 rings (SSSR count). The molecule has 1 aliphatic rings. The van der Waals surface area contributed by atoms with Gasteiger partial charge in [0.2, 0.25) is 5.91 Å². The van der Waals surface area contributed by atoms with Gasteiger partial charge in [0.15, 0.2) is 0 Å². The van der Waals surface area contributed by atoms with Gasteiger partial charge in [0.1, 0.15) is 0 Å². The van der Waals surface area contributed by atoms with Crippen molar-refractivity contribution in [1.82, 2.24) is 10.3 Å². The maximum atomic E-state index is 13.0. The van der Waals surface area contributed by atoms with Crippen LogP contribution >= 0.6 is 0 Å². The molecule has 4 unspecified atom stereocenters. The first-order valence-electron chi connectivity index (χ1n) is 10.7. The van der Waals surface area contributed by atoms with Crippen molar-refractivity contribution in [1.29, 1.82) is 0 Å². The predicted molar refractivity (Wildman–Crippen MR) is 123 cm³/mol. The molecule has 0 spiro atoms. The summed E-state index contributed by atoms with van der Waals surface area (Å²) >= 11 is -2.36. The number of carbonyl (C=O) groups excluding carboxylic acids is 1. The molecule has 2 aromatic rings. The van der Waals surface area contributed by atoms with Gasteiger partial charge in [-0.2, -0.15) is 0 Å². The third-order valence-corrected chi connectivity index (χ3v) is 6.82. The van der Waals surface area contributed by atoms with Crippen LogP contribution in [0.15, 0.2) is 36.5 Å². The topological polar surface area (TPSA) is 94.2 Å². The van der Waals surface area contributed by atoms with Crippen LogP contribution in [0.25, 0.3) is 0 Å². The molecule has 168 valence electrons. The summed E-state index contributed by atoms with van der Waals surface area (Å²) in [6, 6.07) is 9.49. The van der Waals surface area contributed by atoms with Gasteiger partial charge >= 0.3 is 0 Å². The highest BCUT2D eigenvalue weighted by Gasteiger charge is 2.58. The average molecular weight is 443 g/mol. The highest BCUT2D eigenvalue weighted by Crippen LogP contribution is 2.57. The van der Waals surface area contributed by atoms with Crippen LogP contribution in [0.3, 0.4) is 0 Å². The SMILES string of the molecule is CCC1(c2ccc(C(C)(C)C)nc2)CC1C(=O)NC(C)c1ccc(NS(=O)[O-])c(C)c1. The molecule has 7 heteroatoms. The molecule has 0 bridgehead atoms. The fourth-order valence-electron chi connectivity index (χ4n) is 4.25.